The number of nitrogens with one attached hydrogen (secondary N) is 1. The Bertz CT molecular complexity index is 1550. The van der Waals surface area contributed by atoms with Crippen molar-refractivity contribution in [1.82, 2.24) is 24.2 Å². The Kier molecular flexibility index (Phi) is 6.45. The Balaban J connectivity index is 1.52. The van der Waals surface area contributed by atoms with Crippen LogP contribution >= 0.6 is 0 Å². The minimum absolute atomic E-state index is 0.0831. The van der Waals surface area contributed by atoms with E-state index in [2.05, 4.69) is 57.8 Å². The van der Waals surface area contributed by atoms with Gasteiger partial charge in [0.1, 0.15) is 5.39 Å². The van der Waals surface area contributed by atoms with E-state index in [4.69, 9.17) is 0 Å². The van der Waals surface area contributed by atoms with Crippen LogP contribution < -0.4 is 15.8 Å². The number of piperazine rings is 1. The van der Waals surface area contributed by atoms with Crippen LogP contribution in [0, 0.1) is 17.0 Å². The molecular formula is C26H28N8O3. The maximum atomic E-state index is 13.1. The highest BCUT2D eigenvalue weighted by Crippen LogP contribution is 2.27. The number of nitrogens with zero attached hydrogens (tertiary/aromatic N) is 7. The van der Waals surface area contributed by atoms with Crippen molar-refractivity contribution in [3.05, 3.63) is 87.3 Å². The van der Waals surface area contributed by atoms with Crippen molar-refractivity contribution in [1.29, 1.82) is 0 Å². The number of hydrogen-bond donors (Lipinski definition) is 1. The highest BCUT2D eigenvalue weighted by Gasteiger charge is 2.19. The first kappa shape index (κ1) is 24.2. The van der Waals surface area contributed by atoms with Crippen LogP contribution in [0.2, 0.25) is 0 Å². The lowest BCUT2D eigenvalue weighted by Crippen LogP contribution is -2.44. The van der Waals surface area contributed by atoms with Gasteiger partial charge in [-0.2, -0.15) is 4.98 Å². The molecule has 11 nitrogen and oxygen atoms in total. The molecule has 0 unspecified atom stereocenters. The summed E-state index contributed by atoms with van der Waals surface area (Å²) in [4.78, 5) is 37.7. The molecule has 1 aliphatic rings. The summed E-state index contributed by atoms with van der Waals surface area (Å²) in [7, 11) is 2.14. The summed E-state index contributed by atoms with van der Waals surface area (Å²) in [6.07, 6.45) is 3.07. The molecule has 1 N–H and O–H groups in total. The van der Waals surface area contributed by atoms with Gasteiger partial charge < -0.3 is 15.1 Å². The first-order chi connectivity index (χ1) is 17.9. The number of benzene rings is 2. The van der Waals surface area contributed by atoms with Crippen molar-refractivity contribution < 1.29 is 4.92 Å². The lowest BCUT2D eigenvalue weighted by molar-refractivity contribution is -0.384. The van der Waals surface area contributed by atoms with Gasteiger partial charge in [0.2, 0.25) is 5.95 Å². The third kappa shape index (κ3) is 4.68. The van der Waals surface area contributed by atoms with Crippen molar-refractivity contribution in [2.45, 2.75) is 13.5 Å². The van der Waals surface area contributed by atoms with Crippen LogP contribution in [-0.4, -0.2) is 62.4 Å². The van der Waals surface area contributed by atoms with Gasteiger partial charge in [-0.25, -0.2) is 14.3 Å². The van der Waals surface area contributed by atoms with Crippen LogP contribution in [0.25, 0.3) is 16.7 Å². The Hall–Kier alpha value is -4.51. The molecule has 1 fully saturated rings. The molecule has 5 rings (SSSR count). The summed E-state index contributed by atoms with van der Waals surface area (Å²) in [5.74, 6) is 0.314. The van der Waals surface area contributed by atoms with Gasteiger partial charge in [-0.05, 0) is 43.8 Å². The fourth-order valence-corrected chi connectivity index (χ4v) is 4.64. The van der Waals surface area contributed by atoms with Crippen LogP contribution in [-0.2, 0) is 6.54 Å². The van der Waals surface area contributed by atoms with E-state index in [0.717, 1.165) is 37.4 Å². The number of aryl methyl sites for hydroxylation is 1. The Labute approximate surface area is 213 Å². The van der Waals surface area contributed by atoms with E-state index in [0.29, 0.717) is 22.7 Å². The molecule has 1 aliphatic heterocycles. The molecule has 0 aliphatic carbocycles. The van der Waals surface area contributed by atoms with Crippen molar-refractivity contribution in [3.8, 4) is 5.69 Å². The Morgan fingerprint density at radius 2 is 1.95 bits per heavy atom. The monoisotopic (exact) mass is 500 g/mol. The SMILES string of the molecule is C=CCn1c(=O)c2cnc(Nc3ccc(N4CCN(C)CC4)c(C)c3)nc2n1-c1cccc([N+](=O)[O-])c1. The highest BCUT2D eigenvalue weighted by molar-refractivity contribution is 5.77. The molecule has 190 valence electrons. The first-order valence-electron chi connectivity index (χ1n) is 12.0. The second kappa shape index (κ2) is 9.86. The van der Waals surface area contributed by atoms with E-state index in [-0.39, 0.29) is 17.8 Å². The average Bonchev–Trinajstić information content (AvgIpc) is 3.16. The smallest absolute Gasteiger partial charge is 0.278 e. The van der Waals surface area contributed by atoms with Crippen LogP contribution in [0.15, 0.2) is 66.1 Å². The molecule has 4 aromatic rings. The molecule has 2 aromatic carbocycles. The molecule has 0 radical (unpaired) electrons. The van der Waals surface area contributed by atoms with Crippen LogP contribution in [0.4, 0.5) is 23.0 Å². The Morgan fingerprint density at radius 1 is 1.16 bits per heavy atom. The molecule has 2 aromatic heterocycles. The number of aromatic nitrogens is 4. The van der Waals surface area contributed by atoms with Crippen molar-refractivity contribution in [2.75, 3.05) is 43.4 Å². The summed E-state index contributed by atoms with van der Waals surface area (Å²) < 4.78 is 3.01. The molecular weight excluding hydrogens is 472 g/mol. The molecule has 0 spiro atoms. The zero-order chi connectivity index (χ0) is 26.1. The molecule has 0 bridgehead atoms. The molecule has 0 saturated carbocycles. The molecule has 1 saturated heterocycles. The number of hydrogen-bond acceptors (Lipinski definition) is 8. The summed E-state index contributed by atoms with van der Waals surface area (Å²) in [6, 6.07) is 12.2. The molecule has 3 heterocycles. The Morgan fingerprint density at radius 3 is 2.65 bits per heavy atom. The van der Waals surface area contributed by atoms with Gasteiger partial charge in [-0.15, -0.1) is 6.58 Å². The van der Waals surface area contributed by atoms with Gasteiger partial charge in [0.25, 0.3) is 11.2 Å². The summed E-state index contributed by atoms with van der Waals surface area (Å²) in [5.41, 5.74) is 3.57. The fraction of sp³-hybridized carbons (Fsp3) is 0.269. The highest BCUT2D eigenvalue weighted by atomic mass is 16.6. The van der Waals surface area contributed by atoms with Gasteiger partial charge in [-0.3, -0.25) is 14.9 Å². The minimum Gasteiger partial charge on any atom is -0.369 e. The van der Waals surface area contributed by atoms with Crippen molar-refractivity contribution in [2.24, 2.45) is 0 Å². The number of rotatable bonds is 7. The fourth-order valence-electron chi connectivity index (χ4n) is 4.64. The summed E-state index contributed by atoms with van der Waals surface area (Å²) >= 11 is 0. The van der Waals surface area contributed by atoms with E-state index in [9.17, 15) is 14.9 Å². The van der Waals surface area contributed by atoms with Gasteiger partial charge in [0, 0.05) is 55.9 Å². The van der Waals surface area contributed by atoms with Crippen molar-refractivity contribution in [3.63, 3.8) is 0 Å². The maximum Gasteiger partial charge on any atom is 0.278 e. The van der Waals surface area contributed by atoms with Gasteiger partial charge in [0.05, 0.1) is 17.2 Å². The zero-order valence-electron chi connectivity index (χ0n) is 20.8. The molecule has 37 heavy (non-hydrogen) atoms. The number of nitro groups is 1. The molecule has 11 heteroatoms. The molecule has 0 amide bonds. The summed E-state index contributed by atoms with van der Waals surface area (Å²) in [5, 5.41) is 14.9. The third-order valence-electron chi connectivity index (χ3n) is 6.56. The number of anilines is 3. The quantitative estimate of drug-likeness (QED) is 0.233. The van der Waals surface area contributed by atoms with Crippen LogP contribution in [0.1, 0.15) is 5.56 Å². The van der Waals surface area contributed by atoms with E-state index in [1.807, 2.05) is 6.07 Å². The lowest BCUT2D eigenvalue weighted by atomic mass is 10.1. The average molecular weight is 501 g/mol. The number of likely N-dealkylation sites (N-methyl/N-ethyl adjacent to an activating group) is 1. The van der Waals surface area contributed by atoms with Crippen molar-refractivity contribution >= 4 is 34.0 Å². The number of fused-ring (bicyclic) bond motifs is 1. The largest absolute Gasteiger partial charge is 0.369 e. The number of allylic oxidation sites excluding steroid dienone is 1. The standard InChI is InChI=1S/C26H28N8O3/c1-4-10-32-25(35)22-17-27-26(29-24(22)33(32)20-6-5-7-21(16-20)34(36)37)28-19-8-9-23(18(2)15-19)31-13-11-30(3)12-14-31/h4-9,15-17H,1,10-14H2,2-3H3,(H,27,28,29). The van der Waals surface area contributed by atoms with E-state index >= 15 is 0 Å². The van der Waals surface area contributed by atoms with E-state index in [1.54, 1.807) is 22.9 Å². The lowest BCUT2D eigenvalue weighted by Gasteiger charge is -2.35. The normalized spacial score (nSPS) is 14.2. The topological polar surface area (TPSA) is 114 Å². The minimum atomic E-state index is -0.471. The van der Waals surface area contributed by atoms with Crippen LogP contribution in [0.3, 0.4) is 0 Å². The number of non-ortho nitro benzene ring substituents is 1. The van der Waals surface area contributed by atoms with E-state index < -0.39 is 4.92 Å². The van der Waals surface area contributed by atoms with Gasteiger partial charge in [-0.1, -0.05) is 12.1 Å². The van der Waals surface area contributed by atoms with E-state index in [1.165, 1.54) is 28.7 Å². The van der Waals surface area contributed by atoms with Gasteiger partial charge >= 0.3 is 0 Å². The third-order valence-corrected chi connectivity index (χ3v) is 6.56. The first-order valence-corrected chi connectivity index (χ1v) is 12.0. The maximum absolute atomic E-state index is 13.1. The number of nitro benzene ring substituents is 1. The second-order valence-electron chi connectivity index (χ2n) is 9.11. The second-order valence-corrected chi connectivity index (χ2v) is 9.11. The summed E-state index contributed by atoms with van der Waals surface area (Å²) in [6.45, 7) is 10.1. The van der Waals surface area contributed by atoms with Gasteiger partial charge in [0.15, 0.2) is 5.65 Å². The van der Waals surface area contributed by atoms with Crippen LogP contribution in [0.5, 0.6) is 0 Å². The predicted molar refractivity (Wildman–Crippen MR) is 144 cm³/mol. The predicted octanol–water partition coefficient (Wildman–Crippen LogP) is 3.48. The molecule has 0 atom stereocenters. The zero-order valence-corrected chi connectivity index (χ0v) is 20.8.